The first kappa shape index (κ1) is 9.93. The summed E-state index contributed by atoms with van der Waals surface area (Å²) < 4.78 is 1.12. The molecule has 1 aromatic heterocycles. The van der Waals surface area contributed by atoms with Gasteiger partial charge in [-0.2, -0.15) is 0 Å². The maximum atomic E-state index is 5.79. The lowest BCUT2D eigenvalue weighted by Crippen LogP contribution is -1.85. The lowest BCUT2D eigenvalue weighted by molar-refractivity contribution is 1.31. The van der Waals surface area contributed by atoms with Crippen LogP contribution in [0.3, 0.4) is 0 Å². The Morgan fingerprint density at radius 2 is 1.86 bits per heavy atom. The molecule has 0 aliphatic rings. The Labute approximate surface area is 101 Å². The molecule has 0 aliphatic carbocycles. The van der Waals surface area contributed by atoms with Crippen molar-refractivity contribution in [2.24, 2.45) is 0 Å². The topological polar surface area (TPSA) is 12.9 Å². The van der Waals surface area contributed by atoms with Crippen LogP contribution in [0.2, 0.25) is 5.15 Å². The van der Waals surface area contributed by atoms with Gasteiger partial charge in [0.1, 0.15) is 5.15 Å². The first-order valence-corrected chi connectivity index (χ1v) is 5.59. The fraction of sp³-hybridized carbons (Fsp3) is 0. The van der Waals surface area contributed by atoms with Gasteiger partial charge in [-0.05, 0) is 34.2 Å². The number of halogens is 2. The van der Waals surface area contributed by atoms with E-state index in [9.17, 15) is 0 Å². The molecule has 1 aromatic carbocycles. The molecule has 0 saturated heterocycles. The van der Waals surface area contributed by atoms with E-state index in [1.54, 1.807) is 6.20 Å². The predicted molar refractivity (Wildman–Crippen MR) is 67.4 cm³/mol. The maximum Gasteiger partial charge on any atom is 0.130 e. The normalized spacial score (nSPS) is 10.1. The summed E-state index contributed by atoms with van der Waals surface area (Å²) in [7, 11) is 0. The molecule has 1 nitrogen and oxygen atoms in total. The van der Waals surface area contributed by atoms with E-state index in [0.29, 0.717) is 5.15 Å². The van der Waals surface area contributed by atoms with Crippen molar-refractivity contribution in [2.75, 3.05) is 0 Å². The molecule has 2 rings (SSSR count). The summed E-state index contributed by atoms with van der Waals surface area (Å²) in [6.07, 6.45) is 1.80. The van der Waals surface area contributed by atoms with Crippen molar-refractivity contribution in [1.82, 2.24) is 4.98 Å². The highest BCUT2D eigenvalue weighted by Gasteiger charge is 2.03. The third-order valence-corrected chi connectivity index (χ3v) is 3.00. The Morgan fingerprint density at radius 3 is 2.50 bits per heavy atom. The number of benzene rings is 1. The Kier molecular flexibility index (Phi) is 3.03. The smallest absolute Gasteiger partial charge is 0.130 e. The number of nitrogens with zero attached hydrogens (tertiary/aromatic N) is 1. The molecule has 0 saturated carbocycles. The summed E-state index contributed by atoms with van der Waals surface area (Å²) in [5.41, 5.74) is 2.29. The van der Waals surface area contributed by atoms with Crippen LogP contribution >= 0.6 is 34.2 Å². The van der Waals surface area contributed by atoms with E-state index in [1.807, 2.05) is 24.3 Å². The molecule has 0 aliphatic heterocycles. The summed E-state index contributed by atoms with van der Waals surface area (Å²) in [6, 6.07) is 12.0. The van der Waals surface area contributed by atoms with E-state index in [-0.39, 0.29) is 0 Å². The second kappa shape index (κ2) is 4.28. The molecular weight excluding hydrogens is 308 g/mol. The summed E-state index contributed by atoms with van der Waals surface area (Å²) in [6.45, 7) is 0. The highest BCUT2D eigenvalue weighted by atomic mass is 127. The van der Waals surface area contributed by atoms with Crippen LogP contribution in [0, 0.1) is 3.57 Å². The quantitative estimate of drug-likeness (QED) is 0.572. The molecule has 0 unspecified atom stereocenters. The standard InChI is InChI=1S/C11H7ClIN/c12-11-6-10(13)9(7-14-11)8-4-2-1-3-5-8/h1-7H. The van der Waals surface area contributed by atoms with Crippen LogP contribution in [-0.4, -0.2) is 4.98 Å². The van der Waals surface area contributed by atoms with Crippen LogP contribution in [0.4, 0.5) is 0 Å². The molecular formula is C11H7ClIN. The molecule has 3 heteroatoms. The van der Waals surface area contributed by atoms with E-state index < -0.39 is 0 Å². The number of rotatable bonds is 1. The fourth-order valence-electron chi connectivity index (χ4n) is 1.24. The fourth-order valence-corrected chi connectivity index (χ4v) is 2.33. The van der Waals surface area contributed by atoms with Gasteiger partial charge in [-0.25, -0.2) is 4.98 Å². The Bertz CT molecular complexity index is 442. The van der Waals surface area contributed by atoms with Crippen molar-refractivity contribution in [2.45, 2.75) is 0 Å². The summed E-state index contributed by atoms with van der Waals surface area (Å²) in [4.78, 5) is 4.08. The average molecular weight is 316 g/mol. The van der Waals surface area contributed by atoms with Crippen LogP contribution in [-0.2, 0) is 0 Å². The van der Waals surface area contributed by atoms with E-state index in [0.717, 1.165) is 9.13 Å². The SMILES string of the molecule is Clc1cc(I)c(-c2ccccc2)cn1. The van der Waals surface area contributed by atoms with Crippen molar-refractivity contribution >= 4 is 34.2 Å². The van der Waals surface area contributed by atoms with Crippen molar-refractivity contribution in [3.05, 3.63) is 51.3 Å². The molecule has 0 radical (unpaired) electrons. The van der Waals surface area contributed by atoms with Gasteiger partial charge in [-0.3, -0.25) is 0 Å². The third-order valence-electron chi connectivity index (χ3n) is 1.90. The zero-order valence-corrected chi connectivity index (χ0v) is 10.2. The first-order valence-electron chi connectivity index (χ1n) is 4.14. The van der Waals surface area contributed by atoms with Gasteiger partial charge in [-0.15, -0.1) is 0 Å². The van der Waals surface area contributed by atoms with E-state index >= 15 is 0 Å². The zero-order valence-electron chi connectivity index (χ0n) is 7.24. The number of aromatic nitrogens is 1. The van der Waals surface area contributed by atoms with Gasteiger partial charge in [0, 0.05) is 15.3 Å². The Hall–Kier alpha value is -0.610. The van der Waals surface area contributed by atoms with Gasteiger partial charge in [0.25, 0.3) is 0 Å². The maximum absolute atomic E-state index is 5.79. The molecule has 2 aromatic rings. The minimum Gasteiger partial charge on any atom is -0.244 e. The van der Waals surface area contributed by atoms with Crippen LogP contribution in [0.5, 0.6) is 0 Å². The predicted octanol–water partition coefficient (Wildman–Crippen LogP) is 4.01. The number of hydrogen-bond acceptors (Lipinski definition) is 1. The van der Waals surface area contributed by atoms with Gasteiger partial charge >= 0.3 is 0 Å². The van der Waals surface area contributed by atoms with Crippen LogP contribution in [0.15, 0.2) is 42.6 Å². The van der Waals surface area contributed by atoms with E-state index in [4.69, 9.17) is 11.6 Å². The molecule has 70 valence electrons. The number of hydrogen-bond donors (Lipinski definition) is 0. The number of pyridine rings is 1. The molecule has 14 heavy (non-hydrogen) atoms. The highest BCUT2D eigenvalue weighted by molar-refractivity contribution is 14.1. The lowest BCUT2D eigenvalue weighted by atomic mass is 10.1. The van der Waals surface area contributed by atoms with Gasteiger partial charge in [0.15, 0.2) is 0 Å². The summed E-state index contributed by atoms with van der Waals surface area (Å²) in [5, 5.41) is 0.536. The monoisotopic (exact) mass is 315 g/mol. The Balaban J connectivity index is 2.53. The lowest BCUT2D eigenvalue weighted by Gasteiger charge is -2.03. The van der Waals surface area contributed by atoms with Crippen LogP contribution < -0.4 is 0 Å². The molecule has 0 fully saturated rings. The summed E-state index contributed by atoms with van der Waals surface area (Å²) in [5.74, 6) is 0. The van der Waals surface area contributed by atoms with Gasteiger partial charge < -0.3 is 0 Å². The minimum atomic E-state index is 0.536. The third kappa shape index (κ3) is 2.07. The Morgan fingerprint density at radius 1 is 1.14 bits per heavy atom. The second-order valence-electron chi connectivity index (χ2n) is 2.85. The van der Waals surface area contributed by atoms with E-state index in [2.05, 4.69) is 39.7 Å². The second-order valence-corrected chi connectivity index (χ2v) is 4.40. The molecule has 0 atom stereocenters. The van der Waals surface area contributed by atoms with E-state index in [1.165, 1.54) is 5.56 Å². The molecule has 1 heterocycles. The first-order chi connectivity index (χ1) is 6.77. The summed E-state index contributed by atoms with van der Waals surface area (Å²) >= 11 is 8.05. The van der Waals surface area contributed by atoms with Gasteiger partial charge in [0.05, 0.1) is 0 Å². The molecule has 0 N–H and O–H groups in total. The van der Waals surface area contributed by atoms with Gasteiger partial charge in [-0.1, -0.05) is 41.9 Å². The largest absolute Gasteiger partial charge is 0.244 e. The van der Waals surface area contributed by atoms with Crippen LogP contribution in [0.25, 0.3) is 11.1 Å². The van der Waals surface area contributed by atoms with Gasteiger partial charge in [0.2, 0.25) is 0 Å². The van der Waals surface area contributed by atoms with Crippen molar-refractivity contribution in [3.63, 3.8) is 0 Å². The molecule has 0 bridgehead atoms. The molecule has 0 spiro atoms. The highest BCUT2D eigenvalue weighted by Crippen LogP contribution is 2.25. The van der Waals surface area contributed by atoms with Crippen molar-refractivity contribution in [3.8, 4) is 11.1 Å². The van der Waals surface area contributed by atoms with Crippen molar-refractivity contribution < 1.29 is 0 Å². The zero-order chi connectivity index (χ0) is 9.97. The van der Waals surface area contributed by atoms with Crippen LogP contribution in [0.1, 0.15) is 0 Å². The molecule has 0 amide bonds. The minimum absolute atomic E-state index is 0.536. The van der Waals surface area contributed by atoms with Crippen molar-refractivity contribution in [1.29, 1.82) is 0 Å². The average Bonchev–Trinajstić information content (AvgIpc) is 2.19.